The predicted octanol–water partition coefficient (Wildman–Crippen LogP) is 8.75. The Morgan fingerprint density at radius 2 is 1.71 bits per heavy atom. The number of aromatic nitrogens is 1. The first-order valence-electron chi connectivity index (χ1n) is 12.7. The van der Waals surface area contributed by atoms with Gasteiger partial charge in [0.2, 0.25) is 0 Å². The molecule has 4 heteroatoms. The molecule has 0 aliphatic carbocycles. The van der Waals surface area contributed by atoms with Gasteiger partial charge in [-0.1, -0.05) is 77.4 Å². The number of hydrogen-bond donors (Lipinski definition) is 0. The van der Waals surface area contributed by atoms with Gasteiger partial charge >= 0.3 is 0 Å². The molecule has 1 saturated heterocycles. The topological polar surface area (TPSA) is 33.2 Å². The van der Waals surface area contributed by atoms with Gasteiger partial charge in [0, 0.05) is 46.5 Å². The molecule has 0 unspecified atom stereocenters. The van der Waals surface area contributed by atoms with Gasteiger partial charge in [-0.25, -0.2) is 0 Å². The third-order valence-electron chi connectivity index (χ3n) is 5.87. The monoisotopic (exact) mass is 492 g/mol. The lowest BCUT2D eigenvalue weighted by Gasteiger charge is -2.27. The Hall–Kier alpha value is -2.65. The first-order valence-corrected chi connectivity index (χ1v) is 13.1. The van der Waals surface area contributed by atoms with Crippen LogP contribution in [0.5, 0.6) is 0 Å². The van der Waals surface area contributed by atoms with E-state index in [-0.39, 0.29) is 11.3 Å². The van der Waals surface area contributed by atoms with Gasteiger partial charge < -0.3 is 4.90 Å². The van der Waals surface area contributed by atoms with Crippen LogP contribution in [0, 0.1) is 0 Å². The molecule has 3 rings (SSSR count). The summed E-state index contributed by atoms with van der Waals surface area (Å²) in [6.45, 7) is 18.4. The zero-order chi connectivity index (χ0) is 26.0. The largest absolute Gasteiger partial charge is 0.339 e. The lowest BCUT2D eigenvalue weighted by molar-refractivity contribution is 0.0724. The van der Waals surface area contributed by atoms with E-state index in [9.17, 15) is 4.79 Å². The van der Waals surface area contributed by atoms with E-state index < -0.39 is 0 Å². The number of allylic oxidation sites excluding steroid dienone is 5. The molecule has 1 aliphatic rings. The summed E-state index contributed by atoms with van der Waals surface area (Å²) in [6, 6.07) is 9.73. The maximum absolute atomic E-state index is 12.8. The molecule has 1 aromatic heterocycles. The van der Waals surface area contributed by atoms with Crippen molar-refractivity contribution in [2.45, 2.75) is 72.6 Å². The fraction of sp³-hybridized carbons (Fsp3) is 0.419. The van der Waals surface area contributed by atoms with Gasteiger partial charge in [-0.3, -0.25) is 9.78 Å². The Balaban J connectivity index is 0.00000137. The molecule has 2 aromatic rings. The number of piperidine rings is 1. The maximum atomic E-state index is 12.8. The van der Waals surface area contributed by atoms with Crippen LogP contribution in [-0.4, -0.2) is 28.9 Å². The van der Waals surface area contributed by atoms with Crippen LogP contribution in [0.3, 0.4) is 0 Å². The summed E-state index contributed by atoms with van der Waals surface area (Å²) < 4.78 is 0. The second-order valence-corrected chi connectivity index (χ2v) is 10.4. The molecule has 2 heterocycles. The molecule has 1 aromatic carbocycles. The molecule has 0 spiro atoms. The Kier molecular flexibility index (Phi) is 11.0. The summed E-state index contributed by atoms with van der Waals surface area (Å²) in [6.07, 6.45) is 12.4. The number of hydrogen-bond acceptors (Lipinski definition) is 2. The number of nitrogens with zero attached hydrogens (tertiary/aromatic N) is 2. The van der Waals surface area contributed by atoms with Crippen LogP contribution < -0.4 is 0 Å². The number of halogens is 1. The summed E-state index contributed by atoms with van der Waals surface area (Å²) in [7, 11) is 0. The molecule has 0 saturated carbocycles. The second-order valence-electron chi connectivity index (χ2n) is 9.98. The number of carbonyl (C=O) groups is 1. The Morgan fingerprint density at radius 1 is 1.06 bits per heavy atom. The minimum absolute atomic E-state index is 0.0279. The van der Waals surface area contributed by atoms with Gasteiger partial charge in [0.15, 0.2) is 0 Å². The summed E-state index contributed by atoms with van der Waals surface area (Å²) >= 11 is 6.65. The van der Waals surface area contributed by atoms with Crippen molar-refractivity contribution < 1.29 is 4.79 Å². The number of benzene rings is 1. The third-order valence-corrected chi connectivity index (χ3v) is 6.19. The van der Waals surface area contributed by atoms with E-state index in [0.29, 0.717) is 10.6 Å². The van der Waals surface area contributed by atoms with Crippen LogP contribution >= 0.6 is 11.6 Å². The van der Waals surface area contributed by atoms with E-state index in [2.05, 4.69) is 64.4 Å². The molecule has 0 atom stereocenters. The zero-order valence-corrected chi connectivity index (χ0v) is 23.1. The normalized spacial score (nSPS) is 14.8. The van der Waals surface area contributed by atoms with Gasteiger partial charge in [-0.05, 0) is 73.2 Å². The quantitative estimate of drug-likeness (QED) is 0.391. The van der Waals surface area contributed by atoms with Gasteiger partial charge in [-0.2, -0.15) is 0 Å². The molecule has 1 aliphatic heterocycles. The molecule has 188 valence electrons. The average molecular weight is 493 g/mol. The van der Waals surface area contributed by atoms with Crippen molar-refractivity contribution in [1.29, 1.82) is 0 Å². The Morgan fingerprint density at radius 3 is 2.26 bits per heavy atom. The highest BCUT2D eigenvalue weighted by atomic mass is 35.5. The summed E-state index contributed by atoms with van der Waals surface area (Å²) in [5.41, 5.74) is 5.59. The van der Waals surface area contributed by atoms with Crippen molar-refractivity contribution in [2.24, 2.45) is 0 Å². The lowest BCUT2D eigenvalue weighted by atomic mass is 9.89. The standard InChI is InChI=1S/C28H33ClN2O.C3H8/c1-6-20(22-13-14-30-26(19-22)28(3,4)5)17-21(7-2)24-12-11-23(18-25(24)29)27(32)31-15-9-8-10-16-31;1-3-2/h6-7,11-14,17-19H,2,8-10,15-16H2,1,3-5H3;3H2,1-2H3/b20-6+,21-17+;. The highest BCUT2D eigenvalue weighted by molar-refractivity contribution is 6.33. The molecule has 1 fully saturated rings. The molecule has 3 nitrogen and oxygen atoms in total. The van der Waals surface area contributed by atoms with E-state index in [1.807, 2.05) is 42.3 Å². The SMILES string of the molecule is C=C/C(=C\C(=C/C)c1ccnc(C(C)(C)C)c1)c1ccc(C(=O)N2CCCCC2)cc1Cl.CCC. The fourth-order valence-electron chi connectivity index (χ4n) is 3.93. The van der Waals surface area contributed by atoms with Crippen molar-refractivity contribution in [2.75, 3.05) is 13.1 Å². The van der Waals surface area contributed by atoms with E-state index >= 15 is 0 Å². The molecule has 1 amide bonds. The van der Waals surface area contributed by atoms with Crippen LogP contribution in [0.1, 0.15) is 94.4 Å². The molecular weight excluding hydrogens is 452 g/mol. The highest BCUT2D eigenvalue weighted by Gasteiger charge is 2.20. The van der Waals surface area contributed by atoms with Crippen LogP contribution in [0.2, 0.25) is 5.02 Å². The number of amides is 1. The third kappa shape index (κ3) is 7.93. The first-order chi connectivity index (χ1) is 16.7. The second kappa shape index (κ2) is 13.4. The zero-order valence-electron chi connectivity index (χ0n) is 22.3. The summed E-state index contributed by atoms with van der Waals surface area (Å²) in [5.74, 6) is 0.0583. The summed E-state index contributed by atoms with van der Waals surface area (Å²) in [5, 5.41) is 0.555. The minimum Gasteiger partial charge on any atom is -0.339 e. The van der Waals surface area contributed by atoms with Crippen LogP contribution in [0.15, 0.2) is 61.3 Å². The van der Waals surface area contributed by atoms with E-state index in [0.717, 1.165) is 53.9 Å². The molecular formula is C31H41ClN2O. The van der Waals surface area contributed by atoms with Crippen molar-refractivity contribution >= 4 is 28.7 Å². The summed E-state index contributed by atoms with van der Waals surface area (Å²) in [4.78, 5) is 19.3. The van der Waals surface area contributed by atoms with Gasteiger partial charge in [0.25, 0.3) is 5.91 Å². The molecule has 35 heavy (non-hydrogen) atoms. The Labute approximate surface area is 217 Å². The Bertz CT molecular complexity index is 1070. The fourth-order valence-corrected chi connectivity index (χ4v) is 4.22. The van der Waals surface area contributed by atoms with Gasteiger partial charge in [0.1, 0.15) is 0 Å². The van der Waals surface area contributed by atoms with E-state index in [1.165, 1.54) is 12.8 Å². The number of rotatable bonds is 5. The highest BCUT2D eigenvalue weighted by Crippen LogP contribution is 2.31. The maximum Gasteiger partial charge on any atom is 0.253 e. The van der Waals surface area contributed by atoms with E-state index in [1.54, 1.807) is 6.07 Å². The van der Waals surface area contributed by atoms with Crippen molar-refractivity contribution in [3.8, 4) is 0 Å². The van der Waals surface area contributed by atoms with Gasteiger partial charge in [0.05, 0.1) is 0 Å². The predicted molar refractivity (Wildman–Crippen MR) is 152 cm³/mol. The van der Waals surface area contributed by atoms with Crippen molar-refractivity contribution in [3.63, 3.8) is 0 Å². The first kappa shape index (κ1) is 28.6. The smallest absolute Gasteiger partial charge is 0.253 e. The van der Waals surface area contributed by atoms with Crippen LogP contribution in [0.25, 0.3) is 11.1 Å². The molecule has 0 bridgehead atoms. The minimum atomic E-state index is -0.0279. The number of likely N-dealkylation sites (tertiary alicyclic amines) is 1. The average Bonchev–Trinajstić information content (AvgIpc) is 2.85. The van der Waals surface area contributed by atoms with E-state index in [4.69, 9.17) is 11.6 Å². The van der Waals surface area contributed by atoms with Crippen molar-refractivity contribution in [1.82, 2.24) is 9.88 Å². The van der Waals surface area contributed by atoms with Crippen LogP contribution in [0.4, 0.5) is 0 Å². The lowest BCUT2D eigenvalue weighted by Crippen LogP contribution is -2.35. The van der Waals surface area contributed by atoms with Crippen molar-refractivity contribution in [3.05, 3.63) is 88.7 Å². The van der Waals surface area contributed by atoms with Gasteiger partial charge in [-0.15, -0.1) is 0 Å². The van der Waals surface area contributed by atoms with Crippen LogP contribution in [-0.2, 0) is 5.41 Å². The molecule has 0 N–H and O–H groups in total. The number of carbonyl (C=O) groups excluding carboxylic acids is 1. The molecule has 0 radical (unpaired) electrons. The number of pyridine rings is 1.